The van der Waals surface area contributed by atoms with Crippen molar-refractivity contribution in [1.29, 1.82) is 0 Å². The van der Waals surface area contributed by atoms with Gasteiger partial charge in [0.2, 0.25) is 0 Å². The highest BCUT2D eigenvalue weighted by Crippen LogP contribution is 2.14. The standard InChI is InChI=1S/C15H13ClN2O3/c1-9-7-13(8-10(2)14(9)19)18-21-15(20)17-12-5-3-11(16)4-6-12/h3-8H,1-2H3,(H,17,20). The molecular weight excluding hydrogens is 292 g/mol. The Hall–Kier alpha value is -2.40. The molecule has 0 unspecified atom stereocenters. The second kappa shape index (κ2) is 6.37. The van der Waals surface area contributed by atoms with Crippen molar-refractivity contribution in [2.24, 2.45) is 5.16 Å². The van der Waals surface area contributed by atoms with Gasteiger partial charge in [-0.05, 0) is 61.4 Å². The zero-order chi connectivity index (χ0) is 15.4. The molecule has 6 heteroatoms. The van der Waals surface area contributed by atoms with Crippen LogP contribution in [0, 0.1) is 0 Å². The summed E-state index contributed by atoms with van der Waals surface area (Å²) in [6.45, 7) is 3.37. The molecule has 0 atom stereocenters. The van der Waals surface area contributed by atoms with Crippen molar-refractivity contribution in [2.75, 3.05) is 5.32 Å². The van der Waals surface area contributed by atoms with E-state index in [0.29, 0.717) is 27.6 Å². The second-order valence-electron chi connectivity index (χ2n) is 4.51. The van der Waals surface area contributed by atoms with E-state index in [-0.39, 0.29) is 5.78 Å². The van der Waals surface area contributed by atoms with E-state index in [1.165, 1.54) is 0 Å². The summed E-state index contributed by atoms with van der Waals surface area (Å²) in [4.78, 5) is 27.9. The van der Waals surface area contributed by atoms with Crippen LogP contribution in [0.15, 0.2) is 52.7 Å². The molecule has 1 aliphatic rings. The van der Waals surface area contributed by atoms with Gasteiger partial charge in [-0.25, -0.2) is 4.79 Å². The Kier molecular flexibility index (Phi) is 4.55. The first-order valence-corrected chi connectivity index (χ1v) is 6.56. The number of nitrogens with zero attached hydrogens (tertiary/aromatic N) is 1. The average molecular weight is 305 g/mol. The monoisotopic (exact) mass is 304 g/mol. The highest BCUT2D eigenvalue weighted by Gasteiger charge is 2.14. The number of amides is 1. The number of benzene rings is 1. The van der Waals surface area contributed by atoms with Crippen LogP contribution in [0.4, 0.5) is 10.5 Å². The molecule has 2 rings (SSSR count). The van der Waals surface area contributed by atoms with Crippen LogP contribution in [0.2, 0.25) is 5.02 Å². The summed E-state index contributed by atoms with van der Waals surface area (Å²) >= 11 is 5.74. The van der Waals surface area contributed by atoms with Gasteiger partial charge in [0.1, 0.15) is 5.71 Å². The lowest BCUT2D eigenvalue weighted by molar-refractivity contribution is -0.112. The van der Waals surface area contributed by atoms with E-state index in [4.69, 9.17) is 16.4 Å². The van der Waals surface area contributed by atoms with Gasteiger partial charge in [-0.3, -0.25) is 14.9 Å². The summed E-state index contributed by atoms with van der Waals surface area (Å²) < 4.78 is 0. The third kappa shape index (κ3) is 4.03. The fraction of sp³-hybridized carbons (Fsp3) is 0.133. The molecule has 0 fully saturated rings. The zero-order valence-corrected chi connectivity index (χ0v) is 12.3. The molecule has 1 amide bonds. The summed E-state index contributed by atoms with van der Waals surface area (Å²) in [5.41, 5.74) is 2.06. The van der Waals surface area contributed by atoms with Gasteiger partial charge in [-0.15, -0.1) is 0 Å². The van der Waals surface area contributed by atoms with Gasteiger partial charge in [-0.1, -0.05) is 16.8 Å². The van der Waals surface area contributed by atoms with Crippen molar-refractivity contribution in [2.45, 2.75) is 13.8 Å². The average Bonchev–Trinajstić information content (AvgIpc) is 2.45. The number of hydrogen-bond acceptors (Lipinski definition) is 4. The van der Waals surface area contributed by atoms with E-state index < -0.39 is 6.09 Å². The summed E-state index contributed by atoms with van der Waals surface area (Å²) in [6, 6.07) is 6.58. The van der Waals surface area contributed by atoms with Gasteiger partial charge in [-0.2, -0.15) is 0 Å². The number of halogens is 1. The van der Waals surface area contributed by atoms with Gasteiger partial charge in [0.05, 0.1) is 0 Å². The molecule has 21 heavy (non-hydrogen) atoms. The number of carbonyl (C=O) groups excluding carboxylic acids is 2. The van der Waals surface area contributed by atoms with Gasteiger partial charge < -0.3 is 0 Å². The maximum absolute atomic E-state index is 11.6. The van der Waals surface area contributed by atoms with E-state index in [2.05, 4.69) is 10.5 Å². The lowest BCUT2D eigenvalue weighted by atomic mass is 9.98. The molecule has 1 N–H and O–H groups in total. The van der Waals surface area contributed by atoms with Crippen LogP contribution in [0.1, 0.15) is 13.8 Å². The summed E-state index contributed by atoms with van der Waals surface area (Å²) in [5.74, 6) is -0.0421. The molecule has 5 nitrogen and oxygen atoms in total. The summed E-state index contributed by atoms with van der Waals surface area (Å²) in [6.07, 6.45) is 2.40. The lowest BCUT2D eigenvalue weighted by Crippen LogP contribution is -2.14. The van der Waals surface area contributed by atoms with Gasteiger partial charge in [0.15, 0.2) is 5.78 Å². The predicted octanol–water partition coefficient (Wildman–Crippen LogP) is 3.72. The Bertz CT molecular complexity index is 649. The van der Waals surface area contributed by atoms with Crippen molar-refractivity contribution in [3.63, 3.8) is 0 Å². The number of hydrogen-bond donors (Lipinski definition) is 1. The number of nitrogens with one attached hydrogen (secondary N) is 1. The Morgan fingerprint density at radius 3 is 2.29 bits per heavy atom. The number of anilines is 1. The first kappa shape index (κ1) is 15.0. The maximum atomic E-state index is 11.6. The topological polar surface area (TPSA) is 67.8 Å². The molecule has 0 radical (unpaired) electrons. The van der Waals surface area contributed by atoms with Crippen LogP contribution in [0.25, 0.3) is 0 Å². The Morgan fingerprint density at radius 1 is 1.14 bits per heavy atom. The molecule has 0 saturated heterocycles. The number of Topliss-reactive ketones (excluding diaryl/α,β-unsaturated/α-hetero) is 1. The normalized spacial score (nSPS) is 14.2. The molecule has 0 heterocycles. The fourth-order valence-corrected chi connectivity index (χ4v) is 1.87. The molecule has 1 aromatic rings. The summed E-state index contributed by atoms with van der Waals surface area (Å²) in [5, 5.41) is 6.78. The molecular formula is C15H13ClN2O3. The second-order valence-corrected chi connectivity index (χ2v) is 4.95. The largest absolute Gasteiger partial charge is 0.437 e. The van der Waals surface area contributed by atoms with E-state index in [0.717, 1.165) is 0 Å². The van der Waals surface area contributed by atoms with Crippen molar-refractivity contribution in [3.8, 4) is 0 Å². The third-order valence-electron chi connectivity index (χ3n) is 2.77. The van der Waals surface area contributed by atoms with Crippen molar-refractivity contribution >= 4 is 34.9 Å². The van der Waals surface area contributed by atoms with E-state index in [9.17, 15) is 9.59 Å². The molecule has 0 spiro atoms. The highest BCUT2D eigenvalue weighted by molar-refractivity contribution is 6.30. The van der Waals surface area contributed by atoms with Crippen LogP contribution < -0.4 is 5.32 Å². The molecule has 1 aliphatic carbocycles. The first-order chi connectivity index (χ1) is 9.95. The summed E-state index contributed by atoms with van der Waals surface area (Å²) in [7, 11) is 0. The molecule has 1 aromatic carbocycles. The van der Waals surface area contributed by atoms with E-state index >= 15 is 0 Å². The molecule has 0 saturated carbocycles. The quantitative estimate of drug-likeness (QED) is 0.514. The van der Waals surface area contributed by atoms with Crippen LogP contribution >= 0.6 is 11.6 Å². The van der Waals surface area contributed by atoms with Crippen molar-refractivity contribution in [3.05, 3.63) is 52.6 Å². The fourth-order valence-electron chi connectivity index (χ4n) is 1.75. The number of carbonyl (C=O) groups is 2. The minimum atomic E-state index is -0.723. The van der Waals surface area contributed by atoms with Crippen LogP contribution in [0.5, 0.6) is 0 Å². The first-order valence-electron chi connectivity index (χ1n) is 6.18. The number of rotatable bonds is 2. The van der Waals surface area contributed by atoms with Crippen LogP contribution in [0.3, 0.4) is 0 Å². The van der Waals surface area contributed by atoms with Crippen molar-refractivity contribution in [1.82, 2.24) is 0 Å². The molecule has 0 aromatic heterocycles. The maximum Gasteiger partial charge on any atom is 0.437 e. The highest BCUT2D eigenvalue weighted by atomic mass is 35.5. The number of ketones is 1. The van der Waals surface area contributed by atoms with Gasteiger partial charge in [0, 0.05) is 10.7 Å². The minimum absolute atomic E-state index is 0.0421. The Morgan fingerprint density at radius 2 is 1.71 bits per heavy atom. The molecule has 0 aliphatic heterocycles. The number of oxime groups is 1. The smallest absolute Gasteiger partial charge is 0.297 e. The Balaban J connectivity index is 1.99. The number of allylic oxidation sites excluding steroid dienone is 4. The SMILES string of the molecule is CC1=CC(=NOC(=O)Nc2ccc(Cl)cc2)C=C(C)C1=O. The van der Waals surface area contributed by atoms with Gasteiger partial charge in [0.25, 0.3) is 0 Å². The lowest BCUT2D eigenvalue weighted by Gasteiger charge is -2.08. The van der Waals surface area contributed by atoms with E-state index in [1.54, 1.807) is 50.3 Å². The third-order valence-corrected chi connectivity index (χ3v) is 3.02. The van der Waals surface area contributed by atoms with Gasteiger partial charge >= 0.3 is 6.09 Å². The minimum Gasteiger partial charge on any atom is -0.297 e. The Labute approximate surface area is 126 Å². The van der Waals surface area contributed by atoms with E-state index in [1.807, 2.05) is 0 Å². The molecule has 0 bridgehead atoms. The van der Waals surface area contributed by atoms with Crippen LogP contribution in [-0.2, 0) is 9.63 Å². The zero-order valence-electron chi connectivity index (χ0n) is 11.5. The molecule has 108 valence electrons. The van der Waals surface area contributed by atoms with Crippen LogP contribution in [-0.4, -0.2) is 17.6 Å². The predicted molar refractivity (Wildman–Crippen MR) is 81.5 cm³/mol. The van der Waals surface area contributed by atoms with Crippen molar-refractivity contribution < 1.29 is 14.4 Å².